The highest BCUT2D eigenvalue weighted by Gasteiger charge is 2.12. The Labute approximate surface area is 125 Å². The molecule has 0 bridgehead atoms. The van der Waals surface area contributed by atoms with Crippen molar-refractivity contribution in [3.05, 3.63) is 47.8 Å². The van der Waals surface area contributed by atoms with Crippen molar-refractivity contribution in [1.82, 2.24) is 14.9 Å². The van der Waals surface area contributed by atoms with E-state index in [9.17, 15) is 4.39 Å². The second kappa shape index (κ2) is 7.22. The normalized spacial score (nSPS) is 12.4. The van der Waals surface area contributed by atoms with Gasteiger partial charge in [-0.2, -0.15) is 0 Å². The lowest BCUT2D eigenvalue weighted by Crippen LogP contribution is -2.19. The molecule has 1 atom stereocenters. The molecular formula is C16H22FN3O. The van der Waals surface area contributed by atoms with Crippen LogP contribution in [-0.4, -0.2) is 22.7 Å². The fourth-order valence-electron chi connectivity index (χ4n) is 2.29. The van der Waals surface area contributed by atoms with Crippen LogP contribution in [0.1, 0.15) is 31.3 Å². The molecule has 0 saturated heterocycles. The van der Waals surface area contributed by atoms with Gasteiger partial charge in [-0.25, -0.2) is 9.37 Å². The molecular weight excluding hydrogens is 269 g/mol. The molecule has 0 radical (unpaired) electrons. The van der Waals surface area contributed by atoms with Crippen LogP contribution in [-0.2, 0) is 13.5 Å². The number of benzene rings is 1. The van der Waals surface area contributed by atoms with E-state index < -0.39 is 0 Å². The quantitative estimate of drug-likeness (QED) is 0.852. The van der Waals surface area contributed by atoms with Gasteiger partial charge in [-0.3, -0.25) is 0 Å². The highest BCUT2D eigenvalue weighted by atomic mass is 19.1. The smallest absolute Gasteiger partial charge is 0.124 e. The molecule has 0 aliphatic carbocycles. The van der Waals surface area contributed by atoms with E-state index in [0.29, 0.717) is 6.61 Å². The molecule has 1 aromatic heterocycles. The summed E-state index contributed by atoms with van der Waals surface area (Å²) in [5.41, 5.74) is 0.844. The van der Waals surface area contributed by atoms with Crippen molar-refractivity contribution < 1.29 is 9.13 Å². The average molecular weight is 291 g/mol. The summed E-state index contributed by atoms with van der Waals surface area (Å²) in [6.45, 7) is 5.37. The molecule has 0 aliphatic rings. The monoisotopic (exact) mass is 291 g/mol. The van der Waals surface area contributed by atoms with Gasteiger partial charge in [0.15, 0.2) is 0 Å². The van der Waals surface area contributed by atoms with E-state index in [4.69, 9.17) is 4.74 Å². The standard InChI is InChI=1S/C16H22FN3O/c1-4-18-12(2)14-11-13(17)5-6-15(14)21-10-7-16-19-8-9-20(16)3/h5-6,8-9,11-12,18H,4,7,10H2,1-3H3. The van der Waals surface area contributed by atoms with Gasteiger partial charge in [0, 0.05) is 37.5 Å². The molecule has 0 fully saturated rings. The Morgan fingerprint density at radius 3 is 2.90 bits per heavy atom. The molecule has 5 heteroatoms. The Hall–Kier alpha value is -1.88. The largest absolute Gasteiger partial charge is 0.493 e. The lowest BCUT2D eigenvalue weighted by Gasteiger charge is -2.17. The molecule has 0 spiro atoms. The Kier molecular flexibility index (Phi) is 5.33. The number of aromatic nitrogens is 2. The molecule has 0 saturated carbocycles. The predicted molar refractivity (Wildman–Crippen MR) is 80.9 cm³/mol. The van der Waals surface area contributed by atoms with Crippen molar-refractivity contribution in [1.29, 1.82) is 0 Å². The Morgan fingerprint density at radius 2 is 2.24 bits per heavy atom. The molecule has 1 N–H and O–H groups in total. The van der Waals surface area contributed by atoms with Gasteiger partial charge in [-0.1, -0.05) is 6.92 Å². The zero-order valence-corrected chi connectivity index (χ0v) is 12.8. The third-order valence-corrected chi connectivity index (χ3v) is 3.45. The zero-order valence-electron chi connectivity index (χ0n) is 12.8. The SMILES string of the molecule is CCNC(C)c1cc(F)ccc1OCCc1nccn1C. The van der Waals surface area contributed by atoms with E-state index in [2.05, 4.69) is 10.3 Å². The van der Waals surface area contributed by atoms with Crippen molar-refractivity contribution in [2.45, 2.75) is 26.3 Å². The van der Waals surface area contributed by atoms with E-state index in [1.165, 1.54) is 12.1 Å². The number of nitrogens with zero attached hydrogens (tertiary/aromatic N) is 2. The molecule has 1 unspecified atom stereocenters. The predicted octanol–water partition coefficient (Wildman–Crippen LogP) is 2.85. The minimum atomic E-state index is -0.244. The second-order valence-corrected chi connectivity index (χ2v) is 5.01. The Bertz CT molecular complexity index is 583. The molecule has 2 aromatic rings. The van der Waals surface area contributed by atoms with Crippen LogP contribution in [0.25, 0.3) is 0 Å². The van der Waals surface area contributed by atoms with E-state index in [-0.39, 0.29) is 11.9 Å². The van der Waals surface area contributed by atoms with Crippen LogP contribution in [0.15, 0.2) is 30.6 Å². The van der Waals surface area contributed by atoms with Crippen LogP contribution in [0.3, 0.4) is 0 Å². The van der Waals surface area contributed by atoms with Gasteiger partial charge in [-0.05, 0) is 31.7 Å². The van der Waals surface area contributed by atoms with Gasteiger partial charge in [0.25, 0.3) is 0 Å². The first-order valence-electron chi connectivity index (χ1n) is 7.23. The lowest BCUT2D eigenvalue weighted by atomic mass is 10.1. The molecule has 114 valence electrons. The second-order valence-electron chi connectivity index (χ2n) is 5.01. The summed E-state index contributed by atoms with van der Waals surface area (Å²) in [4.78, 5) is 4.26. The first kappa shape index (κ1) is 15.5. The zero-order chi connectivity index (χ0) is 15.2. The van der Waals surface area contributed by atoms with Crippen molar-refractivity contribution in [3.8, 4) is 5.75 Å². The summed E-state index contributed by atoms with van der Waals surface area (Å²) in [5, 5.41) is 3.28. The maximum Gasteiger partial charge on any atom is 0.124 e. The Morgan fingerprint density at radius 1 is 1.43 bits per heavy atom. The number of halogens is 1. The highest BCUT2D eigenvalue weighted by molar-refractivity contribution is 5.36. The van der Waals surface area contributed by atoms with E-state index in [1.54, 1.807) is 12.3 Å². The maximum absolute atomic E-state index is 13.4. The number of hydrogen-bond acceptors (Lipinski definition) is 3. The molecule has 0 aliphatic heterocycles. The lowest BCUT2D eigenvalue weighted by molar-refractivity contribution is 0.310. The third-order valence-electron chi connectivity index (χ3n) is 3.45. The third kappa shape index (κ3) is 4.04. The van der Waals surface area contributed by atoms with E-state index in [1.807, 2.05) is 31.7 Å². The van der Waals surface area contributed by atoms with Crippen LogP contribution < -0.4 is 10.1 Å². The molecule has 21 heavy (non-hydrogen) atoms. The number of hydrogen-bond donors (Lipinski definition) is 1. The molecule has 4 nitrogen and oxygen atoms in total. The van der Waals surface area contributed by atoms with Crippen LogP contribution >= 0.6 is 0 Å². The van der Waals surface area contributed by atoms with Crippen LogP contribution in [0.5, 0.6) is 5.75 Å². The van der Waals surface area contributed by atoms with Crippen LogP contribution in [0.4, 0.5) is 4.39 Å². The number of rotatable bonds is 7. The van der Waals surface area contributed by atoms with Gasteiger partial charge < -0.3 is 14.6 Å². The van der Waals surface area contributed by atoms with Gasteiger partial charge in [0.05, 0.1) is 6.61 Å². The van der Waals surface area contributed by atoms with Crippen molar-refractivity contribution in [2.24, 2.45) is 7.05 Å². The topological polar surface area (TPSA) is 39.1 Å². The first-order valence-corrected chi connectivity index (χ1v) is 7.23. The van der Waals surface area contributed by atoms with Gasteiger partial charge in [-0.15, -0.1) is 0 Å². The summed E-state index contributed by atoms with van der Waals surface area (Å²) in [7, 11) is 1.96. The van der Waals surface area contributed by atoms with Gasteiger partial charge in [0.2, 0.25) is 0 Å². The molecule has 2 rings (SSSR count). The maximum atomic E-state index is 13.4. The van der Waals surface area contributed by atoms with Gasteiger partial charge >= 0.3 is 0 Å². The minimum Gasteiger partial charge on any atom is -0.493 e. The fraction of sp³-hybridized carbons (Fsp3) is 0.438. The fourth-order valence-corrected chi connectivity index (χ4v) is 2.29. The van der Waals surface area contributed by atoms with Crippen molar-refractivity contribution in [3.63, 3.8) is 0 Å². The molecule has 1 aromatic carbocycles. The minimum absolute atomic E-state index is 0.0499. The summed E-state index contributed by atoms with van der Waals surface area (Å²) < 4.78 is 21.2. The summed E-state index contributed by atoms with van der Waals surface area (Å²) in [6, 6.07) is 4.70. The van der Waals surface area contributed by atoms with Crippen LogP contribution in [0, 0.1) is 5.82 Å². The number of nitrogens with one attached hydrogen (secondary N) is 1. The van der Waals surface area contributed by atoms with E-state index in [0.717, 1.165) is 30.1 Å². The Balaban J connectivity index is 2.03. The average Bonchev–Trinajstić information content (AvgIpc) is 2.86. The summed E-state index contributed by atoms with van der Waals surface area (Å²) in [6.07, 6.45) is 4.40. The number of aryl methyl sites for hydroxylation is 1. The van der Waals surface area contributed by atoms with Crippen LogP contribution in [0.2, 0.25) is 0 Å². The molecule has 1 heterocycles. The number of imidazole rings is 1. The van der Waals surface area contributed by atoms with Crippen molar-refractivity contribution in [2.75, 3.05) is 13.2 Å². The summed E-state index contributed by atoms with van der Waals surface area (Å²) in [5.74, 6) is 1.45. The van der Waals surface area contributed by atoms with Gasteiger partial charge in [0.1, 0.15) is 17.4 Å². The molecule has 0 amide bonds. The highest BCUT2D eigenvalue weighted by Crippen LogP contribution is 2.26. The number of ether oxygens (including phenoxy) is 1. The summed E-state index contributed by atoms with van der Waals surface area (Å²) >= 11 is 0. The first-order chi connectivity index (χ1) is 10.1. The van der Waals surface area contributed by atoms with E-state index >= 15 is 0 Å². The van der Waals surface area contributed by atoms with Crippen molar-refractivity contribution >= 4 is 0 Å².